The molecule has 3 aromatic rings. The topological polar surface area (TPSA) is 46.2 Å². The highest BCUT2D eigenvalue weighted by molar-refractivity contribution is 7.92. The summed E-state index contributed by atoms with van der Waals surface area (Å²) < 4.78 is 27.9. The number of aryl methyl sites for hydroxylation is 2. The van der Waals surface area contributed by atoms with Crippen LogP contribution in [-0.4, -0.2) is 8.42 Å². The largest absolute Gasteiger partial charge is 0.280 e. The Bertz CT molecular complexity index is 946. The van der Waals surface area contributed by atoms with Crippen molar-refractivity contribution in [3.8, 4) is 0 Å². The van der Waals surface area contributed by atoms with Crippen molar-refractivity contribution in [2.75, 3.05) is 4.72 Å². The van der Waals surface area contributed by atoms with Crippen LogP contribution < -0.4 is 4.72 Å². The number of sulfonamides is 1. The Morgan fingerprint density at radius 3 is 2.32 bits per heavy atom. The highest BCUT2D eigenvalue weighted by Gasteiger charge is 2.17. The Morgan fingerprint density at radius 2 is 1.55 bits per heavy atom. The minimum Gasteiger partial charge on any atom is -0.280 e. The van der Waals surface area contributed by atoms with Gasteiger partial charge in [0.1, 0.15) is 0 Å². The Balaban J connectivity index is 2.01. The minimum atomic E-state index is -3.59. The van der Waals surface area contributed by atoms with Gasteiger partial charge in [0.15, 0.2) is 0 Å². The first-order valence-electron chi connectivity index (χ1n) is 7.04. The second-order valence-corrected chi connectivity index (χ2v) is 7.09. The van der Waals surface area contributed by atoms with Gasteiger partial charge >= 0.3 is 0 Å². The molecule has 3 nitrogen and oxygen atoms in total. The molecule has 22 heavy (non-hydrogen) atoms. The van der Waals surface area contributed by atoms with Crippen LogP contribution in [0.3, 0.4) is 0 Å². The van der Waals surface area contributed by atoms with Crippen LogP contribution in [0.4, 0.5) is 5.69 Å². The Hall–Kier alpha value is -2.33. The van der Waals surface area contributed by atoms with Crippen LogP contribution in [0.5, 0.6) is 0 Å². The maximum Gasteiger partial charge on any atom is 0.262 e. The van der Waals surface area contributed by atoms with Crippen molar-refractivity contribution in [1.82, 2.24) is 0 Å². The van der Waals surface area contributed by atoms with E-state index < -0.39 is 10.0 Å². The van der Waals surface area contributed by atoms with Crippen molar-refractivity contribution in [3.63, 3.8) is 0 Å². The van der Waals surface area contributed by atoms with Crippen molar-refractivity contribution in [1.29, 1.82) is 0 Å². The predicted octanol–water partition coefficient (Wildman–Crippen LogP) is 4.26. The molecule has 0 unspecified atom stereocenters. The van der Waals surface area contributed by atoms with E-state index in [9.17, 15) is 8.42 Å². The molecule has 0 atom stereocenters. The molecule has 0 saturated heterocycles. The summed E-state index contributed by atoms with van der Waals surface area (Å²) in [4.78, 5) is 0.320. The average Bonchev–Trinajstić information content (AvgIpc) is 2.49. The highest BCUT2D eigenvalue weighted by atomic mass is 32.2. The lowest BCUT2D eigenvalue weighted by atomic mass is 10.1. The quantitative estimate of drug-likeness (QED) is 0.785. The van der Waals surface area contributed by atoms with Crippen LogP contribution in [0.25, 0.3) is 10.8 Å². The van der Waals surface area contributed by atoms with E-state index in [1.165, 1.54) is 0 Å². The van der Waals surface area contributed by atoms with E-state index in [-0.39, 0.29) is 0 Å². The summed E-state index contributed by atoms with van der Waals surface area (Å²) in [7, 11) is -3.59. The van der Waals surface area contributed by atoms with Gasteiger partial charge in [-0.25, -0.2) is 8.42 Å². The van der Waals surface area contributed by atoms with E-state index in [1.54, 1.807) is 19.1 Å². The summed E-state index contributed by atoms with van der Waals surface area (Å²) in [6.07, 6.45) is 0. The van der Waals surface area contributed by atoms with Gasteiger partial charge in [0.25, 0.3) is 10.0 Å². The Labute approximate surface area is 130 Å². The summed E-state index contributed by atoms with van der Waals surface area (Å²) in [5.74, 6) is 0. The first kappa shape index (κ1) is 14.6. The fourth-order valence-electron chi connectivity index (χ4n) is 2.46. The molecule has 0 bridgehead atoms. The third-order valence-electron chi connectivity index (χ3n) is 3.63. The summed E-state index contributed by atoms with van der Waals surface area (Å²) in [5, 5.41) is 2.08. The average molecular weight is 311 g/mol. The SMILES string of the molecule is Cc1ccc(C)c(S(=O)(=O)Nc2ccc3ccccc3c2)c1. The van der Waals surface area contributed by atoms with Crippen LogP contribution in [-0.2, 0) is 10.0 Å². The van der Waals surface area contributed by atoms with Crippen LogP contribution in [0.1, 0.15) is 11.1 Å². The summed E-state index contributed by atoms with van der Waals surface area (Å²) in [6.45, 7) is 3.68. The molecule has 3 aromatic carbocycles. The van der Waals surface area contributed by atoms with Crippen molar-refractivity contribution >= 4 is 26.5 Å². The van der Waals surface area contributed by atoms with Gasteiger partial charge in [-0.3, -0.25) is 4.72 Å². The monoisotopic (exact) mass is 311 g/mol. The first-order chi connectivity index (χ1) is 10.5. The number of hydrogen-bond acceptors (Lipinski definition) is 2. The molecule has 0 fully saturated rings. The maximum atomic E-state index is 12.6. The summed E-state index contributed by atoms with van der Waals surface area (Å²) in [5.41, 5.74) is 2.22. The molecule has 0 aliphatic carbocycles. The van der Waals surface area contributed by atoms with Crippen molar-refractivity contribution < 1.29 is 8.42 Å². The van der Waals surface area contributed by atoms with Gasteiger partial charge in [-0.1, -0.05) is 42.5 Å². The highest BCUT2D eigenvalue weighted by Crippen LogP contribution is 2.23. The van der Waals surface area contributed by atoms with Crippen LogP contribution in [0.15, 0.2) is 65.6 Å². The van der Waals surface area contributed by atoms with Gasteiger partial charge < -0.3 is 0 Å². The lowest BCUT2D eigenvalue weighted by molar-refractivity contribution is 0.600. The standard InChI is InChI=1S/C18H17NO2S/c1-13-7-8-14(2)18(11-13)22(20,21)19-17-10-9-15-5-3-4-6-16(15)12-17/h3-12,19H,1-2H3. The normalized spacial score (nSPS) is 11.5. The lowest BCUT2D eigenvalue weighted by Crippen LogP contribution is -2.14. The molecule has 0 aliphatic heterocycles. The molecule has 112 valence electrons. The second kappa shape index (κ2) is 5.46. The summed E-state index contributed by atoms with van der Waals surface area (Å²) in [6, 6.07) is 18.8. The van der Waals surface area contributed by atoms with Gasteiger partial charge in [-0.15, -0.1) is 0 Å². The number of benzene rings is 3. The molecule has 0 aliphatic rings. The van der Waals surface area contributed by atoms with E-state index in [0.717, 1.165) is 21.9 Å². The molecule has 0 heterocycles. The zero-order valence-corrected chi connectivity index (χ0v) is 13.3. The second-order valence-electron chi connectivity index (χ2n) is 5.44. The van der Waals surface area contributed by atoms with E-state index >= 15 is 0 Å². The van der Waals surface area contributed by atoms with Crippen molar-refractivity contribution in [2.24, 2.45) is 0 Å². The molecule has 1 N–H and O–H groups in total. The van der Waals surface area contributed by atoms with E-state index in [2.05, 4.69) is 4.72 Å². The van der Waals surface area contributed by atoms with Crippen molar-refractivity contribution in [3.05, 3.63) is 71.8 Å². The molecule has 3 rings (SSSR count). The molecule has 0 radical (unpaired) electrons. The Kier molecular flexibility index (Phi) is 3.62. The molecule has 0 saturated carbocycles. The molecular weight excluding hydrogens is 294 g/mol. The molecule has 4 heteroatoms. The molecule has 0 aromatic heterocycles. The smallest absolute Gasteiger partial charge is 0.262 e. The van der Waals surface area contributed by atoms with Gasteiger partial charge in [0.05, 0.1) is 4.90 Å². The van der Waals surface area contributed by atoms with Crippen molar-refractivity contribution in [2.45, 2.75) is 18.7 Å². The van der Waals surface area contributed by atoms with E-state index in [4.69, 9.17) is 0 Å². The van der Waals surface area contributed by atoms with E-state index in [0.29, 0.717) is 10.6 Å². The van der Waals surface area contributed by atoms with Gasteiger partial charge in [-0.05, 0) is 53.9 Å². The van der Waals surface area contributed by atoms with Gasteiger partial charge in [0.2, 0.25) is 0 Å². The third kappa shape index (κ3) is 2.83. The van der Waals surface area contributed by atoms with Crippen LogP contribution in [0, 0.1) is 13.8 Å². The molecule has 0 amide bonds. The van der Waals surface area contributed by atoms with E-state index in [1.807, 2.05) is 55.5 Å². The fourth-order valence-corrected chi connectivity index (χ4v) is 3.84. The van der Waals surface area contributed by atoms with Crippen LogP contribution >= 0.6 is 0 Å². The van der Waals surface area contributed by atoms with Crippen LogP contribution in [0.2, 0.25) is 0 Å². The number of nitrogens with one attached hydrogen (secondary N) is 1. The summed E-state index contributed by atoms with van der Waals surface area (Å²) >= 11 is 0. The fraction of sp³-hybridized carbons (Fsp3) is 0.111. The zero-order valence-electron chi connectivity index (χ0n) is 12.5. The molecular formula is C18H17NO2S. The number of hydrogen-bond donors (Lipinski definition) is 1. The maximum absolute atomic E-state index is 12.6. The predicted molar refractivity (Wildman–Crippen MR) is 90.7 cm³/mol. The number of anilines is 1. The van der Waals surface area contributed by atoms with Gasteiger partial charge in [-0.2, -0.15) is 0 Å². The lowest BCUT2D eigenvalue weighted by Gasteiger charge is -2.11. The minimum absolute atomic E-state index is 0.320. The van der Waals surface area contributed by atoms with Gasteiger partial charge in [0, 0.05) is 5.69 Å². The molecule has 0 spiro atoms. The number of fused-ring (bicyclic) bond motifs is 1. The third-order valence-corrected chi connectivity index (χ3v) is 5.16. The number of rotatable bonds is 3. The first-order valence-corrected chi connectivity index (χ1v) is 8.53. The zero-order chi connectivity index (χ0) is 15.7. The Morgan fingerprint density at radius 1 is 0.818 bits per heavy atom.